The Kier molecular flexibility index (Phi) is 4.85. The summed E-state index contributed by atoms with van der Waals surface area (Å²) in [5.74, 6) is 0. The number of hydrazine groups is 1. The molecule has 2 fully saturated rings. The monoisotopic (exact) mass is 227 g/mol. The van der Waals surface area contributed by atoms with Crippen LogP contribution in [0.3, 0.4) is 0 Å². The maximum atomic E-state index is 9.75. The Labute approximate surface area is 87.3 Å². The van der Waals surface area contributed by atoms with E-state index in [-0.39, 0.29) is 0 Å². The van der Waals surface area contributed by atoms with Crippen LogP contribution in [0.25, 0.3) is 0 Å². The van der Waals surface area contributed by atoms with Crippen molar-refractivity contribution in [2.75, 3.05) is 26.2 Å². The lowest BCUT2D eigenvalue weighted by molar-refractivity contribution is 0.0220. The van der Waals surface area contributed by atoms with Gasteiger partial charge in [0.1, 0.15) is 0 Å². The molecule has 0 aliphatic carbocycles. The van der Waals surface area contributed by atoms with Crippen molar-refractivity contribution in [2.45, 2.75) is 25.7 Å². The SMILES string of the molecule is C1CCN(N2CCCC2)C1.F[B-](F)(F)F. The summed E-state index contributed by atoms with van der Waals surface area (Å²) >= 11 is 0. The molecule has 0 spiro atoms. The highest BCUT2D eigenvalue weighted by molar-refractivity contribution is 6.50. The molecule has 0 aromatic heterocycles. The zero-order chi connectivity index (χ0) is 11.3. The Morgan fingerprint density at radius 1 is 0.600 bits per heavy atom. The summed E-state index contributed by atoms with van der Waals surface area (Å²) in [7, 11) is -6.00. The van der Waals surface area contributed by atoms with Crippen LogP contribution in [0.5, 0.6) is 0 Å². The zero-order valence-electron chi connectivity index (χ0n) is 8.64. The van der Waals surface area contributed by atoms with Gasteiger partial charge in [-0.3, -0.25) is 0 Å². The molecule has 2 rings (SSSR count). The molecule has 2 aliphatic heterocycles. The normalized spacial score (nSPS) is 24.0. The topological polar surface area (TPSA) is 6.48 Å². The third kappa shape index (κ3) is 5.99. The average Bonchev–Trinajstić information content (AvgIpc) is 2.73. The second-order valence-electron chi connectivity index (χ2n) is 3.82. The van der Waals surface area contributed by atoms with E-state index in [9.17, 15) is 17.3 Å². The summed E-state index contributed by atoms with van der Waals surface area (Å²) in [4.78, 5) is 0. The van der Waals surface area contributed by atoms with Crippen LogP contribution in [0.2, 0.25) is 0 Å². The van der Waals surface area contributed by atoms with E-state index in [2.05, 4.69) is 10.0 Å². The first kappa shape index (κ1) is 12.8. The molecule has 0 aromatic rings. The van der Waals surface area contributed by atoms with Crippen molar-refractivity contribution in [3.05, 3.63) is 0 Å². The largest absolute Gasteiger partial charge is 0.673 e. The number of nitrogens with zero attached hydrogens (tertiary/aromatic N) is 2. The molecule has 2 nitrogen and oxygen atoms in total. The molecule has 0 bridgehead atoms. The van der Waals surface area contributed by atoms with Crippen LogP contribution in [0.15, 0.2) is 0 Å². The van der Waals surface area contributed by atoms with Gasteiger partial charge in [-0.15, -0.1) is 0 Å². The minimum atomic E-state index is -6.00. The van der Waals surface area contributed by atoms with Gasteiger partial charge in [0.05, 0.1) is 0 Å². The lowest BCUT2D eigenvalue weighted by Gasteiger charge is -2.26. The molecule has 0 amide bonds. The van der Waals surface area contributed by atoms with Gasteiger partial charge in [-0.05, 0) is 25.7 Å². The number of hydrogen-bond donors (Lipinski definition) is 0. The highest BCUT2D eigenvalue weighted by Crippen LogP contribution is 2.16. The quantitative estimate of drug-likeness (QED) is 0.501. The van der Waals surface area contributed by atoms with E-state index < -0.39 is 7.25 Å². The fraction of sp³-hybridized carbons (Fsp3) is 1.00. The Balaban J connectivity index is 0.000000195. The molecule has 90 valence electrons. The second-order valence-corrected chi connectivity index (χ2v) is 3.82. The Morgan fingerprint density at radius 2 is 0.800 bits per heavy atom. The predicted molar refractivity (Wildman–Crippen MR) is 51.8 cm³/mol. The molecule has 0 unspecified atom stereocenters. The maximum Gasteiger partial charge on any atom is 0.673 e. The van der Waals surface area contributed by atoms with Crippen LogP contribution in [-0.2, 0) is 0 Å². The Bertz CT molecular complexity index is 156. The fourth-order valence-electron chi connectivity index (χ4n) is 1.97. The first-order valence-corrected chi connectivity index (χ1v) is 5.34. The molecule has 0 aromatic carbocycles. The van der Waals surface area contributed by atoms with Gasteiger partial charge in [0, 0.05) is 26.2 Å². The molecule has 0 atom stereocenters. The summed E-state index contributed by atoms with van der Waals surface area (Å²) in [5, 5.41) is 5.07. The van der Waals surface area contributed by atoms with E-state index in [1.54, 1.807) is 0 Å². The van der Waals surface area contributed by atoms with Crippen LogP contribution in [-0.4, -0.2) is 43.5 Å². The van der Waals surface area contributed by atoms with Gasteiger partial charge >= 0.3 is 7.25 Å². The molecular formula is C8H16BF4N2-. The predicted octanol–water partition coefficient (Wildman–Crippen LogP) is 2.39. The van der Waals surface area contributed by atoms with Crippen LogP contribution < -0.4 is 0 Å². The third-order valence-corrected chi connectivity index (χ3v) is 2.56. The molecular weight excluding hydrogens is 211 g/mol. The van der Waals surface area contributed by atoms with Gasteiger partial charge < -0.3 is 17.3 Å². The van der Waals surface area contributed by atoms with E-state index >= 15 is 0 Å². The van der Waals surface area contributed by atoms with Crippen LogP contribution >= 0.6 is 0 Å². The van der Waals surface area contributed by atoms with Gasteiger partial charge in [0.15, 0.2) is 0 Å². The molecule has 0 N–H and O–H groups in total. The maximum absolute atomic E-state index is 9.75. The molecule has 7 heteroatoms. The summed E-state index contributed by atoms with van der Waals surface area (Å²) in [5.41, 5.74) is 0. The molecule has 0 saturated carbocycles. The van der Waals surface area contributed by atoms with E-state index in [1.165, 1.54) is 51.9 Å². The first-order valence-electron chi connectivity index (χ1n) is 5.34. The van der Waals surface area contributed by atoms with Crippen molar-refractivity contribution >= 4 is 7.25 Å². The van der Waals surface area contributed by atoms with Crippen molar-refractivity contribution in [1.82, 2.24) is 10.0 Å². The highest BCUT2D eigenvalue weighted by atomic mass is 19.5. The molecule has 2 heterocycles. The van der Waals surface area contributed by atoms with Crippen molar-refractivity contribution in [3.8, 4) is 0 Å². The van der Waals surface area contributed by atoms with Gasteiger partial charge in [-0.2, -0.15) is 0 Å². The Hall–Kier alpha value is -0.295. The second kappa shape index (κ2) is 5.70. The molecule has 2 aliphatic rings. The van der Waals surface area contributed by atoms with E-state index in [0.717, 1.165) is 0 Å². The zero-order valence-corrected chi connectivity index (χ0v) is 8.64. The lowest BCUT2D eigenvalue weighted by atomic mass is 10.3. The van der Waals surface area contributed by atoms with E-state index in [1.807, 2.05) is 0 Å². The van der Waals surface area contributed by atoms with Gasteiger partial charge in [-0.25, -0.2) is 10.0 Å². The first-order chi connectivity index (χ1) is 6.97. The molecule has 2 saturated heterocycles. The van der Waals surface area contributed by atoms with Crippen LogP contribution in [0.4, 0.5) is 17.3 Å². The number of halogens is 4. The van der Waals surface area contributed by atoms with Gasteiger partial charge in [0.2, 0.25) is 0 Å². The summed E-state index contributed by atoms with van der Waals surface area (Å²) in [6.45, 7) is 5.28. The van der Waals surface area contributed by atoms with Crippen molar-refractivity contribution in [2.24, 2.45) is 0 Å². The molecule has 15 heavy (non-hydrogen) atoms. The van der Waals surface area contributed by atoms with E-state index in [0.29, 0.717) is 0 Å². The third-order valence-electron chi connectivity index (χ3n) is 2.56. The van der Waals surface area contributed by atoms with Crippen molar-refractivity contribution in [1.29, 1.82) is 0 Å². The summed E-state index contributed by atoms with van der Waals surface area (Å²) in [6.07, 6.45) is 5.65. The fourth-order valence-corrected chi connectivity index (χ4v) is 1.97. The van der Waals surface area contributed by atoms with Gasteiger partial charge in [-0.1, -0.05) is 0 Å². The van der Waals surface area contributed by atoms with Crippen LogP contribution in [0, 0.1) is 0 Å². The minimum Gasteiger partial charge on any atom is -0.418 e. The molecule has 0 radical (unpaired) electrons. The minimum absolute atomic E-state index is 1.32. The smallest absolute Gasteiger partial charge is 0.418 e. The average molecular weight is 227 g/mol. The van der Waals surface area contributed by atoms with E-state index in [4.69, 9.17) is 0 Å². The standard InChI is InChI=1S/C8H16N2.BF4/c1-2-6-9(5-1)10-7-3-4-8-10;2-1(3,4)5/h1-8H2;/q;-1. The summed E-state index contributed by atoms with van der Waals surface area (Å²) < 4.78 is 39.0. The van der Waals surface area contributed by atoms with Crippen molar-refractivity contribution < 1.29 is 17.3 Å². The number of rotatable bonds is 1. The highest BCUT2D eigenvalue weighted by Gasteiger charge is 2.21. The number of hydrogen-bond acceptors (Lipinski definition) is 2. The lowest BCUT2D eigenvalue weighted by Crippen LogP contribution is -2.38. The Morgan fingerprint density at radius 3 is 1.00 bits per heavy atom. The van der Waals surface area contributed by atoms with Crippen molar-refractivity contribution in [3.63, 3.8) is 0 Å². The van der Waals surface area contributed by atoms with Gasteiger partial charge in [0.25, 0.3) is 0 Å². The summed E-state index contributed by atoms with van der Waals surface area (Å²) in [6, 6.07) is 0. The van der Waals surface area contributed by atoms with Crippen LogP contribution in [0.1, 0.15) is 25.7 Å².